The van der Waals surface area contributed by atoms with Crippen LogP contribution in [0.2, 0.25) is 5.02 Å². The van der Waals surface area contributed by atoms with Gasteiger partial charge in [0.2, 0.25) is 0 Å². The molecule has 0 heterocycles. The van der Waals surface area contributed by atoms with Crippen LogP contribution in [0.15, 0.2) is 71.8 Å². The lowest BCUT2D eigenvalue weighted by Gasteiger charge is -2.15. The van der Waals surface area contributed by atoms with Crippen LogP contribution in [0.25, 0.3) is 0 Å². The minimum absolute atomic E-state index is 0.321. The third-order valence-corrected chi connectivity index (χ3v) is 5.88. The smallest absolute Gasteiger partial charge is 0.191 e. The second kappa shape index (κ2) is 14.3. The van der Waals surface area contributed by atoms with Crippen LogP contribution in [-0.2, 0) is 0 Å². The lowest BCUT2D eigenvalue weighted by molar-refractivity contribution is 0.208. The van der Waals surface area contributed by atoms with Crippen molar-refractivity contribution in [3.8, 4) is 17.2 Å². The summed E-state index contributed by atoms with van der Waals surface area (Å²) < 4.78 is 17.5. The van der Waals surface area contributed by atoms with Crippen molar-refractivity contribution in [3.05, 3.63) is 82.9 Å². The molecule has 1 atom stereocenters. The average Bonchev–Trinajstić information content (AvgIpc) is 2.88. The van der Waals surface area contributed by atoms with Crippen molar-refractivity contribution in [1.82, 2.24) is 5.43 Å². The van der Waals surface area contributed by atoms with Crippen LogP contribution in [-0.4, -0.2) is 31.1 Å². The van der Waals surface area contributed by atoms with Crippen LogP contribution in [0.3, 0.4) is 0 Å². The highest BCUT2D eigenvalue weighted by Crippen LogP contribution is 2.36. The third kappa shape index (κ3) is 8.43. The van der Waals surface area contributed by atoms with Crippen molar-refractivity contribution >= 4 is 40.8 Å². The average molecular weight is 526 g/mol. The van der Waals surface area contributed by atoms with Crippen LogP contribution >= 0.6 is 23.8 Å². The Balaban J connectivity index is 1.54. The van der Waals surface area contributed by atoms with Gasteiger partial charge in [0.1, 0.15) is 19.0 Å². The first-order chi connectivity index (χ1) is 17.5. The minimum Gasteiger partial charge on any atom is -0.490 e. The normalized spacial score (nSPS) is 11.7. The van der Waals surface area contributed by atoms with Crippen molar-refractivity contribution in [2.45, 2.75) is 33.1 Å². The van der Waals surface area contributed by atoms with E-state index < -0.39 is 0 Å². The van der Waals surface area contributed by atoms with E-state index in [0.717, 1.165) is 23.4 Å². The minimum atomic E-state index is 0.321. The second-order valence-corrected chi connectivity index (χ2v) is 8.84. The van der Waals surface area contributed by atoms with Gasteiger partial charge in [-0.1, -0.05) is 55.8 Å². The molecule has 0 aromatic heterocycles. The molecule has 0 aliphatic rings. The standard InChI is InChI=1S/C28H32ClN3O3S/c1-4-20(3)22-11-13-24(14-12-22)34-15-16-35-27-25(29)17-21(18-26(27)33-5-2)19-30-32-28(36)31-23-9-7-6-8-10-23/h6-14,17-20H,4-5,15-16H2,1-3H3,(H2,31,32,36)/b30-19-/t20-/m0/s1. The molecule has 0 aliphatic heterocycles. The van der Waals surface area contributed by atoms with E-state index in [9.17, 15) is 0 Å². The zero-order chi connectivity index (χ0) is 25.8. The summed E-state index contributed by atoms with van der Waals surface area (Å²) in [6.07, 6.45) is 2.72. The summed E-state index contributed by atoms with van der Waals surface area (Å²) in [4.78, 5) is 0. The highest BCUT2D eigenvalue weighted by molar-refractivity contribution is 7.80. The molecule has 3 aromatic carbocycles. The van der Waals surface area contributed by atoms with Crippen molar-refractivity contribution in [2.75, 3.05) is 25.1 Å². The van der Waals surface area contributed by atoms with Gasteiger partial charge in [0.05, 0.1) is 17.8 Å². The maximum Gasteiger partial charge on any atom is 0.191 e. The fraction of sp³-hybridized carbons (Fsp3) is 0.286. The fourth-order valence-corrected chi connectivity index (χ4v) is 3.79. The Morgan fingerprint density at radius 2 is 1.72 bits per heavy atom. The molecule has 0 spiro atoms. The molecule has 2 N–H and O–H groups in total. The number of halogens is 1. The number of hydrogen-bond donors (Lipinski definition) is 2. The van der Waals surface area contributed by atoms with E-state index in [0.29, 0.717) is 47.4 Å². The molecule has 6 nitrogen and oxygen atoms in total. The van der Waals surface area contributed by atoms with Gasteiger partial charge in [-0.3, -0.25) is 5.43 Å². The van der Waals surface area contributed by atoms with E-state index >= 15 is 0 Å². The Kier molecular flexibility index (Phi) is 10.9. The summed E-state index contributed by atoms with van der Waals surface area (Å²) in [7, 11) is 0. The van der Waals surface area contributed by atoms with E-state index in [4.69, 9.17) is 38.0 Å². The fourth-order valence-electron chi connectivity index (χ4n) is 3.34. The van der Waals surface area contributed by atoms with E-state index in [1.807, 2.05) is 55.5 Å². The van der Waals surface area contributed by atoms with E-state index in [1.165, 1.54) is 5.56 Å². The van der Waals surface area contributed by atoms with E-state index in [1.54, 1.807) is 12.3 Å². The third-order valence-electron chi connectivity index (χ3n) is 5.40. The molecule has 0 bridgehead atoms. The number of rotatable bonds is 12. The van der Waals surface area contributed by atoms with Crippen LogP contribution < -0.4 is 25.0 Å². The number of ether oxygens (including phenoxy) is 3. The molecule has 0 saturated carbocycles. The van der Waals surface area contributed by atoms with Crippen molar-refractivity contribution in [2.24, 2.45) is 5.10 Å². The molecule has 0 aliphatic carbocycles. The molecule has 190 valence electrons. The second-order valence-electron chi connectivity index (χ2n) is 8.03. The predicted octanol–water partition coefficient (Wildman–Crippen LogP) is 7.03. The Bertz CT molecular complexity index is 1140. The molecule has 3 aromatic rings. The number of nitrogens with one attached hydrogen (secondary N) is 2. The summed E-state index contributed by atoms with van der Waals surface area (Å²) in [6, 6.07) is 21.4. The van der Waals surface area contributed by atoms with E-state index in [2.05, 4.69) is 41.8 Å². The summed E-state index contributed by atoms with van der Waals surface area (Å²) in [5.41, 5.74) is 5.72. The molecule has 8 heteroatoms. The molecule has 36 heavy (non-hydrogen) atoms. The van der Waals surface area contributed by atoms with Gasteiger partial charge in [0.15, 0.2) is 16.6 Å². The van der Waals surface area contributed by atoms with Crippen LogP contribution in [0.5, 0.6) is 17.2 Å². The predicted molar refractivity (Wildman–Crippen MR) is 152 cm³/mol. The van der Waals surface area contributed by atoms with Gasteiger partial charge in [0.25, 0.3) is 0 Å². The Morgan fingerprint density at radius 1 is 1.00 bits per heavy atom. The maximum absolute atomic E-state index is 6.51. The number of hydrazone groups is 1. The summed E-state index contributed by atoms with van der Waals surface area (Å²) in [6.45, 7) is 7.47. The first-order valence-corrected chi connectivity index (χ1v) is 12.8. The highest BCUT2D eigenvalue weighted by atomic mass is 35.5. The SMILES string of the molecule is CCOc1cc(/C=N\NC(=S)Nc2ccccc2)cc(Cl)c1OCCOc1ccc([C@@H](C)CC)cc1. The van der Waals surface area contributed by atoms with Gasteiger partial charge in [-0.25, -0.2) is 0 Å². The first kappa shape index (κ1) is 27.3. The van der Waals surface area contributed by atoms with Crippen molar-refractivity contribution in [3.63, 3.8) is 0 Å². The Labute approximate surface area is 223 Å². The number of para-hydroxylation sites is 1. The van der Waals surface area contributed by atoms with Crippen LogP contribution in [0.4, 0.5) is 5.69 Å². The van der Waals surface area contributed by atoms with E-state index in [-0.39, 0.29) is 0 Å². The molecule has 0 fully saturated rings. The molecule has 0 unspecified atom stereocenters. The molecule has 0 radical (unpaired) electrons. The van der Waals surface area contributed by atoms with Gasteiger partial charge in [0, 0.05) is 5.69 Å². The summed E-state index contributed by atoms with van der Waals surface area (Å²) in [5, 5.41) is 8.04. The van der Waals surface area contributed by atoms with Gasteiger partial charge in [-0.15, -0.1) is 0 Å². The zero-order valence-corrected chi connectivity index (χ0v) is 22.4. The van der Waals surface area contributed by atoms with Crippen molar-refractivity contribution < 1.29 is 14.2 Å². The zero-order valence-electron chi connectivity index (χ0n) is 20.8. The largest absolute Gasteiger partial charge is 0.490 e. The van der Waals surface area contributed by atoms with Crippen LogP contribution in [0, 0.1) is 0 Å². The van der Waals surface area contributed by atoms with Crippen molar-refractivity contribution in [1.29, 1.82) is 0 Å². The molecule has 3 rings (SSSR count). The Hall–Kier alpha value is -3.29. The summed E-state index contributed by atoms with van der Waals surface area (Å²) in [5.74, 6) is 2.35. The molecule has 0 saturated heterocycles. The first-order valence-electron chi connectivity index (χ1n) is 12.0. The molecular weight excluding hydrogens is 494 g/mol. The van der Waals surface area contributed by atoms with Gasteiger partial charge >= 0.3 is 0 Å². The lowest BCUT2D eigenvalue weighted by atomic mass is 9.99. The number of benzene rings is 3. The topological polar surface area (TPSA) is 64.1 Å². The molecule has 0 amide bonds. The van der Waals surface area contributed by atoms with Gasteiger partial charge in [-0.2, -0.15) is 5.10 Å². The maximum atomic E-state index is 6.51. The Morgan fingerprint density at radius 3 is 2.42 bits per heavy atom. The number of nitrogens with zero attached hydrogens (tertiary/aromatic N) is 1. The van der Waals surface area contributed by atoms with Crippen LogP contribution in [0.1, 0.15) is 44.2 Å². The number of anilines is 1. The molecular formula is C28H32ClN3O3S. The summed E-state index contributed by atoms with van der Waals surface area (Å²) >= 11 is 11.8. The number of hydrogen-bond acceptors (Lipinski definition) is 5. The van der Waals surface area contributed by atoms with Gasteiger partial charge in [-0.05, 0) is 79.0 Å². The lowest BCUT2D eigenvalue weighted by Crippen LogP contribution is -2.23. The highest BCUT2D eigenvalue weighted by Gasteiger charge is 2.12. The van der Waals surface area contributed by atoms with Gasteiger partial charge < -0.3 is 19.5 Å². The number of thiocarbonyl (C=S) groups is 1. The quantitative estimate of drug-likeness (QED) is 0.114. The monoisotopic (exact) mass is 525 g/mol.